The van der Waals surface area contributed by atoms with Crippen LogP contribution in [0.4, 0.5) is 10.1 Å². The van der Waals surface area contributed by atoms with Gasteiger partial charge in [-0.3, -0.25) is 4.79 Å². The summed E-state index contributed by atoms with van der Waals surface area (Å²) < 4.78 is 18.9. The van der Waals surface area contributed by atoms with Crippen molar-refractivity contribution in [2.75, 3.05) is 11.9 Å². The molecule has 0 saturated heterocycles. The van der Waals surface area contributed by atoms with Crippen molar-refractivity contribution in [3.8, 4) is 5.75 Å². The van der Waals surface area contributed by atoms with E-state index in [2.05, 4.69) is 5.32 Å². The zero-order chi connectivity index (χ0) is 15.2. The van der Waals surface area contributed by atoms with Crippen LogP contribution in [0.3, 0.4) is 0 Å². The van der Waals surface area contributed by atoms with Crippen LogP contribution in [0, 0.1) is 5.82 Å². The highest BCUT2D eigenvalue weighted by Crippen LogP contribution is 2.21. The number of benzene rings is 2. The monoisotopic (exact) mass is 308 g/mol. The van der Waals surface area contributed by atoms with E-state index in [0.29, 0.717) is 11.3 Å². The van der Waals surface area contributed by atoms with Gasteiger partial charge in [-0.25, -0.2) is 4.39 Å². The van der Waals surface area contributed by atoms with E-state index in [-0.39, 0.29) is 18.2 Å². The van der Waals surface area contributed by atoms with Crippen LogP contribution in [0.5, 0.6) is 5.75 Å². The van der Waals surface area contributed by atoms with Crippen molar-refractivity contribution in [1.29, 1.82) is 0 Å². The minimum atomic E-state index is -0.547. The van der Waals surface area contributed by atoms with Crippen molar-refractivity contribution in [2.24, 2.45) is 5.73 Å². The zero-order valence-electron chi connectivity index (χ0n) is 11.1. The topological polar surface area (TPSA) is 64.4 Å². The van der Waals surface area contributed by atoms with Gasteiger partial charge in [0.2, 0.25) is 0 Å². The van der Waals surface area contributed by atoms with Crippen molar-refractivity contribution >= 4 is 23.2 Å². The van der Waals surface area contributed by atoms with Crippen LogP contribution in [-0.4, -0.2) is 12.5 Å². The Morgan fingerprint density at radius 3 is 2.81 bits per heavy atom. The van der Waals surface area contributed by atoms with Crippen molar-refractivity contribution in [3.63, 3.8) is 0 Å². The SMILES string of the molecule is NC(=O)COc1cccc(NCc2cccc(Cl)c2F)c1. The molecule has 0 atom stereocenters. The van der Waals surface area contributed by atoms with Crippen LogP contribution < -0.4 is 15.8 Å². The number of anilines is 1. The van der Waals surface area contributed by atoms with Gasteiger partial charge in [-0.2, -0.15) is 0 Å². The van der Waals surface area contributed by atoms with Gasteiger partial charge in [0, 0.05) is 23.9 Å². The summed E-state index contributed by atoms with van der Waals surface area (Å²) in [4.78, 5) is 10.7. The Morgan fingerprint density at radius 2 is 2.05 bits per heavy atom. The number of halogens is 2. The molecule has 3 N–H and O–H groups in total. The van der Waals surface area contributed by atoms with Gasteiger partial charge in [0.25, 0.3) is 5.91 Å². The van der Waals surface area contributed by atoms with E-state index in [1.54, 1.807) is 36.4 Å². The number of carbonyl (C=O) groups excluding carboxylic acids is 1. The summed E-state index contributed by atoms with van der Waals surface area (Å²) in [6, 6.07) is 11.8. The Balaban J connectivity index is 2.01. The number of rotatable bonds is 6. The Hall–Kier alpha value is -2.27. The molecule has 2 aromatic rings. The number of nitrogens with one attached hydrogen (secondary N) is 1. The molecule has 0 heterocycles. The van der Waals surface area contributed by atoms with Crippen molar-refractivity contribution < 1.29 is 13.9 Å². The first-order valence-corrected chi connectivity index (χ1v) is 6.62. The fourth-order valence-corrected chi connectivity index (χ4v) is 1.93. The molecule has 110 valence electrons. The lowest BCUT2D eigenvalue weighted by molar-refractivity contribution is -0.119. The lowest BCUT2D eigenvalue weighted by Crippen LogP contribution is -2.20. The smallest absolute Gasteiger partial charge is 0.255 e. The van der Waals surface area contributed by atoms with Crippen LogP contribution in [0.25, 0.3) is 0 Å². The Labute approximate surface area is 126 Å². The molecule has 0 aliphatic carbocycles. The maximum Gasteiger partial charge on any atom is 0.255 e. The van der Waals surface area contributed by atoms with E-state index in [9.17, 15) is 9.18 Å². The van der Waals surface area contributed by atoms with Crippen LogP contribution in [-0.2, 0) is 11.3 Å². The molecule has 0 aliphatic heterocycles. The second-order valence-corrected chi connectivity index (χ2v) is 4.76. The molecule has 2 aromatic carbocycles. The molecule has 4 nitrogen and oxygen atoms in total. The average Bonchev–Trinajstić information content (AvgIpc) is 2.47. The van der Waals surface area contributed by atoms with Gasteiger partial charge in [-0.15, -0.1) is 0 Å². The number of hydrogen-bond acceptors (Lipinski definition) is 3. The van der Waals surface area contributed by atoms with Crippen LogP contribution in [0.2, 0.25) is 5.02 Å². The first kappa shape index (κ1) is 15.1. The number of primary amides is 1. The van der Waals surface area contributed by atoms with Gasteiger partial charge in [-0.05, 0) is 18.2 Å². The predicted octanol–water partition coefficient (Wildman–Crippen LogP) is 2.96. The molecule has 2 rings (SSSR count). The molecular formula is C15H14ClFN2O2. The van der Waals surface area contributed by atoms with Gasteiger partial charge in [0.15, 0.2) is 6.61 Å². The van der Waals surface area contributed by atoms with Gasteiger partial charge in [0.05, 0.1) is 5.02 Å². The second-order valence-electron chi connectivity index (χ2n) is 4.35. The highest BCUT2D eigenvalue weighted by atomic mass is 35.5. The summed E-state index contributed by atoms with van der Waals surface area (Å²) in [5.74, 6) is -0.479. The lowest BCUT2D eigenvalue weighted by Gasteiger charge is -2.10. The quantitative estimate of drug-likeness (QED) is 0.862. The molecule has 0 saturated carbocycles. The maximum atomic E-state index is 13.7. The fraction of sp³-hybridized carbons (Fsp3) is 0.133. The molecule has 1 amide bonds. The highest BCUT2D eigenvalue weighted by molar-refractivity contribution is 6.30. The standard InChI is InChI=1S/C15H14ClFN2O2/c16-13-6-1-3-10(15(13)17)8-19-11-4-2-5-12(7-11)21-9-14(18)20/h1-7,19H,8-9H2,(H2,18,20). The number of hydrogen-bond donors (Lipinski definition) is 2. The number of nitrogens with two attached hydrogens (primary N) is 1. The molecule has 0 radical (unpaired) electrons. The summed E-state index contributed by atoms with van der Waals surface area (Å²) >= 11 is 5.73. The zero-order valence-corrected chi connectivity index (χ0v) is 11.9. The van der Waals surface area contributed by atoms with E-state index < -0.39 is 11.7 Å². The van der Waals surface area contributed by atoms with Crippen molar-refractivity contribution in [2.45, 2.75) is 6.54 Å². The van der Waals surface area contributed by atoms with E-state index in [1.165, 1.54) is 6.07 Å². The van der Waals surface area contributed by atoms with Gasteiger partial charge >= 0.3 is 0 Å². The van der Waals surface area contributed by atoms with E-state index in [0.717, 1.165) is 5.69 Å². The summed E-state index contributed by atoms with van der Waals surface area (Å²) in [6.45, 7) is 0.0953. The lowest BCUT2D eigenvalue weighted by atomic mass is 10.2. The summed E-state index contributed by atoms with van der Waals surface area (Å²) in [6.07, 6.45) is 0. The fourth-order valence-electron chi connectivity index (χ4n) is 1.73. The van der Waals surface area contributed by atoms with Crippen LogP contribution in [0.1, 0.15) is 5.56 Å². The molecular weight excluding hydrogens is 295 g/mol. The van der Waals surface area contributed by atoms with Gasteiger partial charge in [-0.1, -0.05) is 29.8 Å². The largest absolute Gasteiger partial charge is 0.484 e. The molecule has 0 aromatic heterocycles. The van der Waals surface area contributed by atoms with E-state index in [1.807, 2.05) is 0 Å². The molecule has 0 fully saturated rings. The minimum Gasteiger partial charge on any atom is -0.484 e. The van der Waals surface area contributed by atoms with Crippen molar-refractivity contribution in [3.05, 3.63) is 58.9 Å². The predicted molar refractivity (Wildman–Crippen MR) is 79.9 cm³/mol. The van der Waals surface area contributed by atoms with Crippen LogP contribution >= 0.6 is 11.6 Å². The molecule has 0 unspecified atom stereocenters. The average molecular weight is 309 g/mol. The van der Waals surface area contributed by atoms with E-state index >= 15 is 0 Å². The summed E-state index contributed by atoms with van der Waals surface area (Å²) in [5, 5.41) is 3.15. The third-order valence-corrected chi connectivity index (χ3v) is 3.02. The normalized spacial score (nSPS) is 10.2. The van der Waals surface area contributed by atoms with Crippen molar-refractivity contribution in [1.82, 2.24) is 0 Å². The Morgan fingerprint density at radius 1 is 1.29 bits per heavy atom. The Bertz CT molecular complexity index is 649. The number of ether oxygens (including phenoxy) is 1. The van der Waals surface area contributed by atoms with Gasteiger partial charge in [0.1, 0.15) is 11.6 Å². The number of amides is 1. The van der Waals surface area contributed by atoms with E-state index in [4.69, 9.17) is 22.1 Å². The molecule has 0 aliphatic rings. The third kappa shape index (κ3) is 4.36. The molecule has 21 heavy (non-hydrogen) atoms. The second kappa shape index (κ2) is 6.95. The van der Waals surface area contributed by atoms with Gasteiger partial charge < -0.3 is 15.8 Å². The third-order valence-electron chi connectivity index (χ3n) is 2.73. The highest BCUT2D eigenvalue weighted by Gasteiger charge is 2.06. The minimum absolute atomic E-state index is 0.0906. The first-order valence-electron chi connectivity index (χ1n) is 6.24. The summed E-state index contributed by atoms with van der Waals surface area (Å²) in [7, 11) is 0. The Kier molecular flexibility index (Phi) is 5.00. The molecule has 0 spiro atoms. The number of carbonyl (C=O) groups is 1. The molecule has 0 bridgehead atoms. The molecule has 6 heteroatoms. The first-order chi connectivity index (χ1) is 10.1. The summed E-state index contributed by atoms with van der Waals surface area (Å²) in [5.41, 5.74) is 6.21. The maximum absolute atomic E-state index is 13.7. The van der Waals surface area contributed by atoms with Crippen LogP contribution in [0.15, 0.2) is 42.5 Å².